The van der Waals surface area contributed by atoms with Crippen LogP contribution in [0.2, 0.25) is 0 Å². The van der Waals surface area contributed by atoms with Crippen molar-refractivity contribution >= 4 is 33.4 Å². The summed E-state index contributed by atoms with van der Waals surface area (Å²) in [5.74, 6) is 0.762. The highest BCUT2D eigenvalue weighted by molar-refractivity contribution is 7.98. The zero-order valence-electron chi connectivity index (χ0n) is 18.9. The normalized spacial score (nSPS) is 16.4. The second-order valence-corrected chi connectivity index (χ2v) is 11.6. The van der Waals surface area contributed by atoms with Gasteiger partial charge in [-0.3, -0.25) is 9.78 Å². The maximum Gasteiger partial charge on any atom is 0.258 e. The largest absolute Gasteiger partial charge is 0.308 e. The number of benzene rings is 2. The van der Waals surface area contributed by atoms with Gasteiger partial charge in [-0.1, -0.05) is 12.5 Å². The van der Waals surface area contributed by atoms with E-state index in [0.29, 0.717) is 36.5 Å². The second kappa shape index (κ2) is 9.90. The summed E-state index contributed by atoms with van der Waals surface area (Å²) in [6.07, 6.45) is 7.18. The smallest absolute Gasteiger partial charge is 0.258 e. The fraction of sp³-hybridized carbons (Fsp3) is 0.308. The lowest BCUT2D eigenvalue weighted by Crippen LogP contribution is -2.35. The highest BCUT2D eigenvalue weighted by atomic mass is 32.2. The van der Waals surface area contributed by atoms with E-state index in [-0.39, 0.29) is 5.91 Å². The molecule has 0 radical (unpaired) electrons. The first kappa shape index (κ1) is 23.1. The van der Waals surface area contributed by atoms with Crippen molar-refractivity contribution in [1.29, 1.82) is 0 Å². The predicted molar refractivity (Wildman–Crippen MR) is 135 cm³/mol. The Labute approximate surface area is 205 Å². The van der Waals surface area contributed by atoms with Crippen molar-refractivity contribution in [2.45, 2.75) is 41.2 Å². The molecule has 5 rings (SSSR count). The number of nitrogens with zero attached hydrogens (tertiary/aromatic N) is 3. The molecule has 0 bridgehead atoms. The van der Waals surface area contributed by atoms with Crippen LogP contribution in [0.1, 0.15) is 40.7 Å². The molecule has 8 heteroatoms. The van der Waals surface area contributed by atoms with Crippen LogP contribution >= 0.6 is 11.8 Å². The lowest BCUT2D eigenvalue weighted by Gasteiger charge is -2.26. The number of sulfonamides is 1. The number of thioether (sulfide) groups is 1. The van der Waals surface area contributed by atoms with Gasteiger partial charge in [0.2, 0.25) is 10.0 Å². The van der Waals surface area contributed by atoms with E-state index < -0.39 is 10.0 Å². The molecule has 0 atom stereocenters. The molecule has 6 nitrogen and oxygen atoms in total. The Bertz CT molecular complexity index is 1270. The zero-order valence-corrected chi connectivity index (χ0v) is 20.5. The first-order valence-electron chi connectivity index (χ1n) is 11.6. The molecule has 34 heavy (non-hydrogen) atoms. The SMILES string of the molecule is O=C(c1ccc(SCc2cccnc2)cc1)N1CCc2cc(S(=O)(=O)N3CCCCC3)ccc21. The number of hydrogen-bond donors (Lipinski definition) is 0. The van der Waals surface area contributed by atoms with Gasteiger partial charge in [0.1, 0.15) is 0 Å². The van der Waals surface area contributed by atoms with Gasteiger partial charge in [-0.05, 0) is 78.9 Å². The van der Waals surface area contributed by atoms with Gasteiger partial charge in [-0.2, -0.15) is 4.31 Å². The van der Waals surface area contributed by atoms with E-state index in [4.69, 9.17) is 0 Å². The average Bonchev–Trinajstić information content (AvgIpc) is 3.32. The van der Waals surface area contributed by atoms with E-state index in [2.05, 4.69) is 4.98 Å². The molecular weight excluding hydrogens is 466 g/mol. The Morgan fingerprint density at radius 1 is 0.971 bits per heavy atom. The van der Waals surface area contributed by atoms with Gasteiger partial charge in [0.05, 0.1) is 4.90 Å². The average molecular weight is 494 g/mol. The van der Waals surface area contributed by atoms with Crippen LogP contribution in [-0.4, -0.2) is 43.2 Å². The number of carbonyl (C=O) groups is 1. The van der Waals surface area contributed by atoms with E-state index in [1.807, 2.05) is 42.6 Å². The summed E-state index contributed by atoms with van der Waals surface area (Å²) >= 11 is 1.70. The van der Waals surface area contributed by atoms with Crippen molar-refractivity contribution in [3.63, 3.8) is 0 Å². The van der Waals surface area contributed by atoms with Gasteiger partial charge in [-0.25, -0.2) is 8.42 Å². The summed E-state index contributed by atoms with van der Waals surface area (Å²) in [6.45, 7) is 1.72. The fourth-order valence-electron chi connectivity index (χ4n) is 4.50. The van der Waals surface area contributed by atoms with Crippen molar-refractivity contribution in [2.75, 3.05) is 24.5 Å². The number of piperidine rings is 1. The lowest BCUT2D eigenvalue weighted by atomic mass is 10.1. The third-order valence-electron chi connectivity index (χ3n) is 6.37. The van der Waals surface area contributed by atoms with E-state index in [1.165, 1.54) is 0 Å². The quantitative estimate of drug-likeness (QED) is 0.464. The van der Waals surface area contributed by atoms with Crippen molar-refractivity contribution in [2.24, 2.45) is 0 Å². The Hall–Kier alpha value is -2.68. The van der Waals surface area contributed by atoms with Crippen LogP contribution in [0.25, 0.3) is 0 Å². The summed E-state index contributed by atoms with van der Waals surface area (Å²) in [4.78, 5) is 20.5. The summed E-state index contributed by atoms with van der Waals surface area (Å²) in [5, 5.41) is 0. The Balaban J connectivity index is 1.28. The van der Waals surface area contributed by atoms with Crippen LogP contribution in [0, 0.1) is 0 Å². The van der Waals surface area contributed by atoms with E-state index >= 15 is 0 Å². The summed E-state index contributed by atoms with van der Waals surface area (Å²) in [6, 6.07) is 16.8. The van der Waals surface area contributed by atoms with Crippen LogP contribution < -0.4 is 4.90 Å². The molecule has 3 aromatic rings. The lowest BCUT2D eigenvalue weighted by molar-refractivity contribution is 0.0989. The van der Waals surface area contributed by atoms with Crippen LogP contribution in [0.4, 0.5) is 5.69 Å². The number of hydrogen-bond acceptors (Lipinski definition) is 5. The fourth-order valence-corrected chi connectivity index (χ4v) is 6.90. The topological polar surface area (TPSA) is 70.6 Å². The van der Waals surface area contributed by atoms with Crippen molar-refractivity contribution in [1.82, 2.24) is 9.29 Å². The van der Waals surface area contributed by atoms with Crippen molar-refractivity contribution < 1.29 is 13.2 Å². The molecule has 3 heterocycles. The molecular formula is C26H27N3O3S2. The maximum absolute atomic E-state index is 13.2. The Kier molecular flexibility index (Phi) is 6.72. The minimum atomic E-state index is -3.48. The van der Waals surface area contributed by atoms with Gasteiger partial charge in [0.25, 0.3) is 5.91 Å². The molecule has 1 fully saturated rings. The highest BCUT2D eigenvalue weighted by Gasteiger charge is 2.30. The van der Waals surface area contributed by atoms with Crippen LogP contribution in [0.3, 0.4) is 0 Å². The zero-order chi connectivity index (χ0) is 23.5. The second-order valence-electron chi connectivity index (χ2n) is 8.64. The van der Waals surface area contributed by atoms with Crippen molar-refractivity contribution in [3.05, 3.63) is 83.7 Å². The summed E-state index contributed by atoms with van der Waals surface area (Å²) in [7, 11) is -3.48. The molecule has 1 aromatic heterocycles. The maximum atomic E-state index is 13.2. The Morgan fingerprint density at radius 3 is 2.50 bits per heavy atom. The summed E-state index contributed by atoms with van der Waals surface area (Å²) in [5.41, 5.74) is 3.50. The van der Waals surface area contributed by atoms with Gasteiger partial charge in [0, 0.05) is 53.9 Å². The molecule has 1 amide bonds. The van der Waals surface area contributed by atoms with Crippen LogP contribution in [0.15, 0.2) is 76.8 Å². The molecule has 0 unspecified atom stereocenters. The molecule has 2 aromatic carbocycles. The minimum Gasteiger partial charge on any atom is -0.308 e. The number of carbonyl (C=O) groups excluding carboxylic acids is 1. The monoisotopic (exact) mass is 493 g/mol. The van der Waals surface area contributed by atoms with E-state index in [9.17, 15) is 13.2 Å². The van der Waals surface area contributed by atoms with Gasteiger partial charge >= 0.3 is 0 Å². The first-order chi connectivity index (χ1) is 16.5. The van der Waals surface area contributed by atoms with E-state index in [0.717, 1.165) is 46.7 Å². The standard InChI is InChI=1S/C26H27N3O3S2/c30-26(21-6-8-23(9-7-21)33-19-20-5-4-13-27-18-20)29-16-12-22-17-24(10-11-25(22)29)34(31,32)28-14-2-1-3-15-28/h4-11,13,17-18H,1-3,12,14-16,19H2. The molecule has 0 spiro atoms. The number of rotatable bonds is 6. The number of pyridine rings is 1. The molecule has 2 aliphatic heterocycles. The highest BCUT2D eigenvalue weighted by Crippen LogP contribution is 2.33. The molecule has 1 saturated heterocycles. The van der Waals surface area contributed by atoms with Gasteiger partial charge in [-0.15, -0.1) is 11.8 Å². The number of aromatic nitrogens is 1. The third-order valence-corrected chi connectivity index (χ3v) is 9.35. The number of fused-ring (bicyclic) bond motifs is 1. The number of anilines is 1. The van der Waals surface area contributed by atoms with Crippen LogP contribution in [0.5, 0.6) is 0 Å². The number of amides is 1. The molecule has 0 N–H and O–H groups in total. The molecule has 0 aliphatic carbocycles. The molecule has 2 aliphatic rings. The van der Waals surface area contributed by atoms with Gasteiger partial charge < -0.3 is 4.90 Å². The van der Waals surface area contributed by atoms with Gasteiger partial charge in [0.15, 0.2) is 0 Å². The first-order valence-corrected chi connectivity index (χ1v) is 14.0. The van der Waals surface area contributed by atoms with E-state index in [1.54, 1.807) is 45.4 Å². The summed E-state index contributed by atoms with van der Waals surface area (Å²) < 4.78 is 27.7. The molecule has 176 valence electrons. The van der Waals surface area contributed by atoms with Crippen molar-refractivity contribution in [3.8, 4) is 0 Å². The Morgan fingerprint density at radius 2 is 1.76 bits per heavy atom. The third kappa shape index (κ3) is 4.76. The molecule has 0 saturated carbocycles. The predicted octanol–water partition coefficient (Wildman–Crippen LogP) is 4.75. The minimum absolute atomic E-state index is 0.0609. The van der Waals surface area contributed by atoms with Crippen LogP contribution in [-0.2, 0) is 22.2 Å².